The van der Waals surface area contributed by atoms with E-state index >= 15 is 0 Å². The maximum absolute atomic E-state index is 10.9. The zero-order chi connectivity index (χ0) is 18.4. The Hall–Kier alpha value is -0.690. The molecule has 0 radical (unpaired) electrons. The topological polar surface area (TPSA) is 26.3 Å². The lowest BCUT2D eigenvalue weighted by Gasteiger charge is -2.03. The van der Waals surface area contributed by atoms with Gasteiger partial charge in [-0.2, -0.15) is 0 Å². The number of carbonyl (C=O) groups is 1. The first-order valence-corrected chi connectivity index (χ1v) is 12.3. The Morgan fingerprint density at radius 2 is 1.62 bits per heavy atom. The van der Waals surface area contributed by atoms with E-state index in [0.717, 1.165) is 12.8 Å². The minimum Gasteiger partial charge on any atom is -0.463 e. The molecule has 0 spiro atoms. The summed E-state index contributed by atoms with van der Waals surface area (Å²) in [6.07, 6.45) is 10.9. The fraction of sp³-hybridized carbons (Fsp3) is 0.450. The number of rotatable bonds is 11. The lowest BCUT2D eigenvalue weighted by Crippen LogP contribution is -2.01. The van der Waals surface area contributed by atoms with Crippen LogP contribution in [-0.2, 0) is 16.0 Å². The second-order valence-electron chi connectivity index (χ2n) is 6.35. The molecule has 3 aromatic rings. The third-order valence-corrected chi connectivity index (χ3v) is 8.66. The number of esters is 1. The van der Waals surface area contributed by atoms with Crippen LogP contribution in [0.4, 0.5) is 0 Å². The van der Waals surface area contributed by atoms with Crippen molar-refractivity contribution in [3.8, 4) is 0 Å². The number of ether oxygens (including phenoxy) is 1. The fourth-order valence-electron chi connectivity index (χ4n) is 3.00. The molecule has 2 nitrogen and oxygen atoms in total. The van der Waals surface area contributed by atoms with Gasteiger partial charge in [0.1, 0.15) is 0 Å². The first-order chi connectivity index (χ1) is 12.7. The summed E-state index contributed by atoms with van der Waals surface area (Å²) in [5, 5.41) is 0. The standard InChI is InChI=1S/C20H23BrO2S3/c1-2-18(22)23-11-9-7-5-3-4-6-8-10-14-12-15-19(24-14)20-16(25-15)13-17(21)26-20/h2,12-13H,1,3-11H2. The average Bonchev–Trinajstić information content (AvgIpc) is 3.26. The van der Waals surface area contributed by atoms with Gasteiger partial charge in [0.15, 0.2) is 0 Å². The molecule has 3 aromatic heterocycles. The van der Waals surface area contributed by atoms with Gasteiger partial charge in [-0.05, 0) is 47.3 Å². The molecule has 0 aromatic carbocycles. The third kappa shape index (κ3) is 5.41. The van der Waals surface area contributed by atoms with Crippen LogP contribution in [0.25, 0.3) is 18.8 Å². The molecular weight excluding hydrogens is 448 g/mol. The van der Waals surface area contributed by atoms with E-state index in [1.165, 1.54) is 72.1 Å². The second-order valence-corrected chi connectivity index (χ2v) is 11.0. The minimum atomic E-state index is -0.314. The predicted octanol–water partition coefficient (Wildman–Crippen LogP) is 7.94. The quantitative estimate of drug-likeness (QED) is 0.161. The van der Waals surface area contributed by atoms with Crippen LogP contribution in [0.15, 0.2) is 28.6 Å². The Bertz CT molecular complexity index is 874. The monoisotopic (exact) mass is 470 g/mol. The number of hydrogen-bond donors (Lipinski definition) is 0. The zero-order valence-electron chi connectivity index (χ0n) is 14.7. The number of thiophene rings is 3. The molecule has 6 heteroatoms. The smallest absolute Gasteiger partial charge is 0.330 e. The Balaban J connectivity index is 1.29. The Kier molecular flexibility index (Phi) is 7.73. The number of fused-ring (bicyclic) bond motifs is 3. The Morgan fingerprint density at radius 3 is 2.38 bits per heavy atom. The molecule has 0 unspecified atom stereocenters. The van der Waals surface area contributed by atoms with Crippen molar-refractivity contribution >= 4 is 74.7 Å². The molecule has 3 heterocycles. The van der Waals surface area contributed by atoms with Gasteiger partial charge in [-0.1, -0.05) is 38.7 Å². The van der Waals surface area contributed by atoms with Gasteiger partial charge < -0.3 is 4.74 Å². The first-order valence-electron chi connectivity index (χ1n) is 9.07. The van der Waals surface area contributed by atoms with E-state index < -0.39 is 0 Å². The SMILES string of the molecule is C=CC(=O)OCCCCCCCCCc1cc2sc3cc(Br)sc3c2s1. The van der Waals surface area contributed by atoms with Crippen LogP contribution in [0.5, 0.6) is 0 Å². The molecule has 0 atom stereocenters. The van der Waals surface area contributed by atoms with E-state index in [2.05, 4.69) is 34.6 Å². The number of carbonyl (C=O) groups excluding carboxylic acids is 1. The van der Waals surface area contributed by atoms with Crippen molar-refractivity contribution in [2.45, 2.75) is 51.4 Å². The molecule has 0 aliphatic carbocycles. The summed E-state index contributed by atoms with van der Waals surface area (Å²) in [5.74, 6) is -0.314. The van der Waals surface area contributed by atoms with Gasteiger partial charge in [0.25, 0.3) is 0 Å². The number of halogens is 1. The van der Waals surface area contributed by atoms with Crippen molar-refractivity contribution in [3.63, 3.8) is 0 Å². The molecule has 0 saturated heterocycles. The predicted molar refractivity (Wildman–Crippen MR) is 120 cm³/mol. The summed E-state index contributed by atoms with van der Waals surface area (Å²) in [6.45, 7) is 3.91. The zero-order valence-corrected chi connectivity index (χ0v) is 18.8. The number of aryl methyl sites for hydroxylation is 1. The largest absolute Gasteiger partial charge is 0.463 e. The van der Waals surface area contributed by atoms with E-state index in [1.807, 2.05) is 34.0 Å². The molecule has 0 amide bonds. The van der Waals surface area contributed by atoms with Crippen LogP contribution in [-0.4, -0.2) is 12.6 Å². The van der Waals surface area contributed by atoms with E-state index in [-0.39, 0.29) is 5.97 Å². The molecular formula is C20H23BrO2S3. The van der Waals surface area contributed by atoms with Crippen LogP contribution >= 0.6 is 49.9 Å². The van der Waals surface area contributed by atoms with E-state index in [0.29, 0.717) is 6.61 Å². The summed E-state index contributed by atoms with van der Waals surface area (Å²) in [7, 11) is 0. The summed E-state index contributed by atoms with van der Waals surface area (Å²) >= 11 is 9.35. The van der Waals surface area contributed by atoms with E-state index in [9.17, 15) is 4.79 Å². The van der Waals surface area contributed by atoms with Gasteiger partial charge in [0, 0.05) is 20.4 Å². The number of hydrogen-bond acceptors (Lipinski definition) is 5. The summed E-state index contributed by atoms with van der Waals surface area (Å²) in [4.78, 5) is 12.4. The van der Waals surface area contributed by atoms with Crippen LogP contribution in [0, 0.1) is 0 Å². The van der Waals surface area contributed by atoms with Gasteiger partial charge in [0.2, 0.25) is 0 Å². The normalized spacial score (nSPS) is 11.4. The van der Waals surface area contributed by atoms with Gasteiger partial charge in [0.05, 0.1) is 19.8 Å². The molecule has 0 aliphatic rings. The minimum absolute atomic E-state index is 0.314. The van der Waals surface area contributed by atoms with E-state index in [4.69, 9.17) is 4.74 Å². The highest BCUT2D eigenvalue weighted by atomic mass is 79.9. The van der Waals surface area contributed by atoms with Crippen LogP contribution in [0.1, 0.15) is 49.8 Å². The summed E-state index contributed by atoms with van der Waals surface area (Å²) in [5.41, 5.74) is 0. The van der Waals surface area contributed by atoms with Crippen LogP contribution < -0.4 is 0 Å². The lowest BCUT2D eigenvalue weighted by molar-refractivity contribution is -0.137. The van der Waals surface area contributed by atoms with Crippen molar-refractivity contribution in [2.24, 2.45) is 0 Å². The highest BCUT2D eigenvalue weighted by Crippen LogP contribution is 2.45. The van der Waals surface area contributed by atoms with Crippen molar-refractivity contribution in [1.82, 2.24) is 0 Å². The maximum Gasteiger partial charge on any atom is 0.330 e. The molecule has 0 fully saturated rings. The van der Waals surface area contributed by atoms with Gasteiger partial charge in [-0.3, -0.25) is 0 Å². The van der Waals surface area contributed by atoms with Gasteiger partial charge in [-0.25, -0.2) is 4.79 Å². The summed E-state index contributed by atoms with van der Waals surface area (Å²) < 4.78 is 12.0. The van der Waals surface area contributed by atoms with Crippen molar-refractivity contribution in [1.29, 1.82) is 0 Å². The van der Waals surface area contributed by atoms with Crippen molar-refractivity contribution in [2.75, 3.05) is 6.61 Å². The van der Waals surface area contributed by atoms with Gasteiger partial charge in [-0.15, -0.1) is 34.0 Å². The van der Waals surface area contributed by atoms with Crippen LogP contribution in [0.2, 0.25) is 0 Å². The molecule has 0 bridgehead atoms. The highest BCUT2D eigenvalue weighted by molar-refractivity contribution is 9.11. The molecule has 0 N–H and O–H groups in total. The van der Waals surface area contributed by atoms with Crippen LogP contribution in [0.3, 0.4) is 0 Å². The molecule has 0 aliphatic heterocycles. The lowest BCUT2D eigenvalue weighted by atomic mass is 10.1. The molecule has 0 saturated carbocycles. The van der Waals surface area contributed by atoms with Gasteiger partial charge >= 0.3 is 5.97 Å². The second kappa shape index (κ2) is 10.0. The Labute approximate surface area is 175 Å². The maximum atomic E-state index is 10.9. The summed E-state index contributed by atoms with van der Waals surface area (Å²) in [6, 6.07) is 4.64. The number of unbranched alkanes of at least 4 members (excludes halogenated alkanes) is 6. The van der Waals surface area contributed by atoms with E-state index in [1.54, 1.807) is 0 Å². The fourth-order valence-corrected chi connectivity index (χ4v) is 7.68. The molecule has 140 valence electrons. The van der Waals surface area contributed by atoms with Crippen molar-refractivity contribution < 1.29 is 9.53 Å². The molecule has 26 heavy (non-hydrogen) atoms. The Morgan fingerprint density at radius 1 is 0.962 bits per heavy atom. The van der Waals surface area contributed by atoms with Crippen molar-refractivity contribution in [3.05, 3.63) is 33.5 Å². The average molecular weight is 472 g/mol. The molecule has 3 rings (SSSR count). The highest BCUT2D eigenvalue weighted by Gasteiger charge is 2.12. The third-order valence-electron chi connectivity index (χ3n) is 4.32. The first kappa shape index (κ1) is 20.1.